The van der Waals surface area contributed by atoms with E-state index in [0.29, 0.717) is 11.6 Å². The first-order chi connectivity index (χ1) is 10.5. The number of carbonyl (C=O) groups is 2. The summed E-state index contributed by atoms with van der Waals surface area (Å²) < 4.78 is 30.8. The number of benzene rings is 2. The molecule has 1 N–H and O–H groups in total. The summed E-state index contributed by atoms with van der Waals surface area (Å²) in [6.07, 6.45) is 0. The molecule has 0 saturated heterocycles. The lowest BCUT2D eigenvalue weighted by atomic mass is 10.1. The number of anilines is 1. The molecule has 2 aromatic rings. The van der Waals surface area contributed by atoms with Gasteiger partial charge in [-0.3, -0.25) is 4.79 Å². The predicted molar refractivity (Wildman–Crippen MR) is 76.4 cm³/mol. The molecule has 1 amide bonds. The van der Waals surface area contributed by atoms with Gasteiger partial charge in [-0.1, -0.05) is 18.2 Å². The van der Waals surface area contributed by atoms with Crippen LogP contribution in [0, 0.1) is 18.6 Å². The zero-order chi connectivity index (χ0) is 16.1. The van der Waals surface area contributed by atoms with Crippen LogP contribution in [0.2, 0.25) is 0 Å². The Labute approximate surface area is 125 Å². The molecule has 0 bridgehead atoms. The fourth-order valence-electron chi connectivity index (χ4n) is 1.83. The molecular formula is C16H13F2NO3. The van der Waals surface area contributed by atoms with E-state index in [9.17, 15) is 18.4 Å². The molecule has 22 heavy (non-hydrogen) atoms. The van der Waals surface area contributed by atoms with Crippen LogP contribution in [0.1, 0.15) is 15.9 Å². The number of hydrogen-bond acceptors (Lipinski definition) is 3. The van der Waals surface area contributed by atoms with Crippen LogP contribution in [-0.4, -0.2) is 18.5 Å². The average Bonchev–Trinajstić information content (AvgIpc) is 2.44. The minimum Gasteiger partial charge on any atom is -0.452 e. The zero-order valence-corrected chi connectivity index (χ0v) is 11.7. The fraction of sp³-hybridized carbons (Fsp3) is 0.125. The highest BCUT2D eigenvalue weighted by Crippen LogP contribution is 2.13. The minimum atomic E-state index is -0.813. The molecular weight excluding hydrogens is 292 g/mol. The number of halogens is 2. The summed E-state index contributed by atoms with van der Waals surface area (Å²) in [6, 6.07) is 9.39. The summed E-state index contributed by atoms with van der Waals surface area (Å²) in [5.41, 5.74) is 1.03. The monoisotopic (exact) mass is 305 g/mol. The van der Waals surface area contributed by atoms with E-state index in [1.165, 1.54) is 0 Å². The second kappa shape index (κ2) is 6.80. The molecule has 0 atom stereocenters. The van der Waals surface area contributed by atoms with Gasteiger partial charge in [0.05, 0.1) is 5.56 Å². The van der Waals surface area contributed by atoms with Gasteiger partial charge in [-0.05, 0) is 30.7 Å². The van der Waals surface area contributed by atoms with Gasteiger partial charge < -0.3 is 10.1 Å². The van der Waals surface area contributed by atoms with Crippen LogP contribution in [-0.2, 0) is 9.53 Å². The van der Waals surface area contributed by atoms with Crippen molar-refractivity contribution in [2.24, 2.45) is 0 Å². The molecule has 2 aromatic carbocycles. The lowest BCUT2D eigenvalue weighted by molar-refractivity contribution is -0.119. The van der Waals surface area contributed by atoms with E-state index in [2.05, 4.69) is 5.32 Å². The summed E-state index contributed by atoms with van der Waals surface area (Å²) >= 11 is 0. The summed E-state index contributed by atoms with van der Waals surface area (Å²) in [4.78, 5) is 23.4. The molecule has 2 rings (SSSR count). The Kier molecular flexibility index (Phi) is 4.83. The van der Waals surface area contributed by atoms with Gasteiger partial charge in [-0.15, -0.1) is 0 Å². The van der Waals surface area contributed by atoms with Crippen LogP contribution in [0.4, 0.5) is 14.5 Å². The molecule has 114 valence electrons. The van der Waals surface area contributed by atoms with Crippen LogP contribution in [0.5, 0.6) is 0 Å². The Morgan fingerprint density at radius 1 is 1.09 bits per heavy atom. The summed E-state index contributed by atoms with van der Waals surface area (Å²) in [5, 5.41) is 2.25. The Morgan fingerprint density at radius 3 is 2.36 bits per heavy atom. The molecule has 6 heteroatoms. The third-order valence-corrected chi connectivity index (χ3v) is 2.85. The van der Waals surface area contributed by atoms with E-state index < -0.39 is 30.1 Å². The van der Waals surface area contributed by atoms with Gasteiger partial charge in [0.2, 0.25) is 0 Å². The lowest BCUT2D eigenvalue weighted by Gasteiger charge is -2.08. The van der Waals surface area contributed by atoms with Crippen LogP contribution in [0.25, 0.3) is 0 Å². The van der Waals surface area contributed by atoms with Gasteiger partial charge >= 0.3 is 5.97 Å². The average molecular weight is 305 g/mol. The highest BCUT2D eigenvalue weighted by Gasteiger charge is 2.12. The van der Waals surface area contributed by atoms with Gasteiger partial charge in [-0.2, -0.15) is 0 Å². The van der Waals surface area contributed by atoms with Gasteiger partial charge in [-0.25, -0.2) is 13.6 Å². The second-order valence-electron chi connectivity index (χ2n) is 4.60. The van der Waals surface area contributed by atoms with E-state index in [1.807, 2.05) is 0 Å². The molecule has 0 aliphatic rings. The predicted octanol–water partition coefficient (Wildman–Crippen LogP) is 3.07. The summed E-state index contributed by atoms with van der Waals surface area (Å²) in [5.74, 6) is -2.95. The summed E-state index contributed by atoms with van der Waals surface area (Å²) in [7, 11) is 0. The van der Waals surface area contributed by atoms with Gasteiger partial charge in [0.15, 0.2) is 6.61 Å². The Balaban J connectivity index is 1.93. The molecule has 0 spiro atoms. The molecule has 4 nitrogen and oxygen atoms in total. The SMILES string of the molecule is Cc1ccccc1C(=O)OCC(=O)Nc1cc(F)cc(F)c1. The van der Waals surface area contributed by atoms with Crippen LogP contribution < -0.4 is 5.32 Å². The highest BCUT2D eigenvalue weighted by atomic mass is 19.1. The summed E-state index contributed by atoms with van der Waals surface area (Å²) in [6.45, 7) is 1.19. The maximum Gasteiger partial charge on any atom is 0.338 e. The van der Waals surface area contributed by atoms with Crippen molar-refractivity contribution >= 4 is 17.6 Å². The molecule has 0 aromatic heterocycles. The Hall–Kier alpha value is -2.76. The van der Waals surface area contributed by atoms with Crippen molar-refractivity contribution in [1.82, 2.24) is 0 Å². The molecule has 0 aliphatic heterocycles. The van der Waals surface area contributed by atoms with E-state index in [-0.39, 0.29) is 5.69 Å². The molecule has 0 aliphatic carbocycles. The Bertz CT molecular complexity index is 696. The molecule has 0 unspecified atom stereocenters. The number of hydrogen-bond donors (Lipinski definition) is 1. The third-order valence-electron chi connectivity index (χ3n) is 2.85. The van der Waals surface area contributed by atoms with Crippen molar-refractivity contribution in [2.75, 3.05) is 11.9 Å². The maximum atomic E-state index is 13.0. The van der Waals surface area contributed by atoms with Crippen LogP contribution in [0.15, 0.2) is 42.5 Å². The number of esters is 1. The first-order valence-electron chi connectivity index (χ1n) is 6.44. The number of rotatable bonds is 4. The van der Waals surface area contributed by atoms with Crippen molar-refractivity contribution in [3.05, 3.63) is 65.2 Å². The number of amides is 1. The van der Waals surface area contributed by atoms with Gasteiger partial charge in [0.1, 0.15) is 11.6 Å². The van der Waals surface area contributed by atoms with E-state index in [4.69, 9.17) is 4.74 Å². The van der Waals surface area contributed by atoms with Crippen molar-refractivity contribution in [2.45, 2.75) is 6.92 Å². The van der Waals surface area contributed by atoms with E-state index >= 15 is 0 Å². The molecule has 0 heterocycles. The second-order valence-corrected chi connectivity index (χ2v) is 4.60. The number of aryl methyl sites for hydroxylation is 1. The smallest absolute Gasteiger partial charge is 0.338 e. The zero-order valence-electron chi connectivity index (χ0n) is 11.7. The van der Waals surface area contributed by atoms with E-state index in [0.717, 1.165) is 17.7 Å². The third kappa shape index (κ3) is 4.12. The minimum absolute atomic E-state index is 0.0468. The first kappa shape index (κ1) is 15.6. The Morgan fingerprint density at radius 2 is 1.73 bits per heavy atom. The van der Waals surface area contributed by atoms with Crippen molar-refractivity contribution < 1.29 is 23.1 Å². The van der Waals surface area contributed by atoms with Crippen molar-refractivity contribution in [3.8, 4) is 0 Å². The van der Waals surface area contributed by atoms with Gasteiger partial charge in [0, 0.05) is 11.8 Å². The standard InChI is InChI=1S/C16H13F2NO3/c1-10-4-2-3-5-14(10)16(21)22-9-15(20)19-13-7-11(17)6-12(18)8-13/h2-8H,9H2,1H3,(H,19,20). The molecule has 0 saturated carbocycles. The number of ether oxygens (including phenoxy) is 1. The molecule has 0 fully saturated rings. The highest BCUT2D eigenvalue weighted by molar-refractivity contribution is 5.96. The van der Waals surface area contributed by atoms with Crippen LogP contribution >= 0.6 is 0 Å². The topological polar surface area (TPSA) is 55.4 Å². The molecule has 0 radical (unpaired) electrons. The number of carbonyl (C=O) groups excluding carboxylic acids is 2. The quantitative estimate of drug-likeness (QED) is 0.883. The lowest BCUT2D eigenvalue weighted by Crippen LogP contribution is -2.21. The van der Waals surface area contributed by atoms with E-state index in [1.54, 1.807) is 31.2 Å². The van der Waals surface area contributed by atoms with Crippen molar-refractivity contribution in [3.63, 3.8) is 0 Å². The fourth-order valence-corrected chi connectivity index (χ4v) is 1.83. The van der Waals surface area contributed by atoms with Gasteiger partial charge in [0.25, 0.3) is 5.91 Å². The normalized spacial score (nSPS) is 10.1. The van der Waals surface area contributed by atoms with Crippen LogP contribution in [0.3, 0.4) is 0 Å². The maximum absolute atomic E-state index is 13.0. The first-order valence-corrected chi connectivity index (χ1v) is 6.44. The largest absolute Gasteiger partial charge is 0.452 e. The number of nitrogens with one attached hydrogen (secondary N) is 1. The van der Waals surface area contributed by atoms with Crippen molar-refractivity contribution in [1.29, 1.82) is 0 Å².